The van der Waals surface area contributed by atoms with E-state index in [1.165, 1.54) is 13.0 Å². The SMILES string of the molecule is CCS(=O)(=O)c1c(Cl)cccc1CNCC1CC(OC)(C(F)(F)F)C1. The van der Waals surface area contributed by atoms with Gasteiger partial charge < -0.3 is 10.1 Å². The lowest BCUT2D eigenvalue weighted by molar-refractivity contribution is -0.308. The Labute approximate surface area is 150 Å². The van der Waals surface area contributed by atoms with E-state index in [1.54, 1.807) is 12.1 Å². The first-order chi connectivity index (χ1) is 11.6. The zero-order valence-corrected chi connectivity index (χ0v) is 15.6. The fraction of sp³-hybridized carbons (Fsp3) is 0.625. The highest BCUT2D eigenvalue weighted by atomic mass is 35.5. The van der Waals surface area contributed by atoms with Gasteiger partial charge in [0.15, 0.2) is 15.4 Å². The van der Waals surface area contributed by atoms with Crippen molar-refractivity contribution in [3.63, 3.8) is 0 Å². The van der Waals surface area contributed by atoms with Crippen LogP contribution < -0.4 is 5.32 Å². The summed E-state index contributed by atoms with van der Waals surface area (Å²) in [5.41, 5.74) is -1.53. The lowest BCUT2D eigenvalue weighted by atomic mass is 9.70. The monoisotopic (exact) mass is 399 g/mol. The third kappa shape index (κ3) is 4.13. The van der Waals surface area contributed by atoms with Crippen LogP contribution in [0.25, 0.3) is 0 Å². The Bertz CT molecular complexity index is 716. The molecule has 0 aliphatic heterocycles. The van der Waals surface area contributed by atoms with Crippen LogP contribution >= 0.6 is 11.6 Å². The third-order valence-corrected chi connectivity index (χ3v) is 6.92. The fourth-order valence-electron chi connectivity index (χ4n) is 3.13. The van der Waals surface area contributed by atoms with Crippen LogP contribution in [0, 0.1) is 5.92 Å². The number of benzene rings is 1. The maximum Gasteiger partial charge on any atom is 0.417 e. The van der Waals surface area contributed by atoms with E-state index in [0.717, 1.165) is 7.11 Å². The fourth-order valence-corrected chi connectivity index (χ4v) is 4.87. The largest absolute Gasteiger partial charge is 0.417 e. The molecule has 1 N–H and O–H groups in total. The Morgan fingerprint density at radius 3 is 2.52 bits per heavy atom. The molecule has 1 aromatic rings. The number of rotatable bonds is 7. The second-order valence-corrected chi connectivity index (χ2v) is 8.86. The second-order valence-electron chi connectivity index (χ2n) is 6.23. The second kappa shape index (κ2) is 7.42. The van der Waals surface area contributed by atoms with Gasteiger partial charge in [0, 0.05) is 13.7 Å². The van der Waals surface area contributed by atoms with Crippen LogP contribution in [0.2, 0.25) is 5.02 Å². The molecule has 25 heavy (non-hydrogen) atoms. The van der Waals surface area contributed by atoms with Gasteiger partial charge in [-0.15, -0.1) is 0 Å². The summed E-state index contributed by atoms with van der Waals surface area (Å²) >= 11 is 6.03. The molecule has 1 aromatic carbocycles. The van der Waals surface area contributed by atoms with Gasteiger partial charge >= 0.3 is 6.18 Å². The number of sulfone groups is 1. The standard InChI is InChI=1S/C16H21ClF3NO3S/c1-3-25(22,23)14-12(5-4-6-13(14)17)10-21-9-11-7-15(8-11,24-2)16(18,19)20/h4-6,11,21H,3,7-10H2,1-2H3. The molecule has 1 aliphatic rings. The zero-order valence-electron chi connectivity index (χ0n) is 14.0. The van der Waals surface area contributed by atoms with Crippen molar-refractivity contribution in [3.8, 4) is 0 Å². The number of halogens is 4. The first-order valence-corrected chi connectivity index (χ1v) is 9.92. The lowest BCUT2D eigenvalue weighted by Gasteiger charge is -2.47. The number of ether oxygens (including phenoxy) is 1. The number of methoxy groups -OCH3 is 1. The van der Waals surface area contributed by atoms with Crippen LogP contribution in [0.3, 0.4) is 0 Å². The molecule has 0 radical (unpaired) electrons. The summed E-state index contributed by atoms with van der Waals surface area (Å²) in [6.45, 7) is 2.10. The van der Waals surface area contributed by atoms with E-state index < -0.39 is 21.6 Å². The minimum Gasteiger partial charge on any atom is -0.369 e. The quantitative estimate of drug-likeness (QED) is 0.761. The molecule has 1 aliphatic carbocycles. The van der Waals surface area contributed by atoms with Crippen LogP contribution in [-0.2, 0) is 21.1 Å². The molecule has 0 amide bonds. The van der Waals surface area contributed by atoms with Crippen LogP contribution in [0.15, 0.2) is 23.1 Å². The molecule has 1 saturated carbocycles. The Morgan fingerprint density at radius 1 is 1.36 bits per heavy atom. The van der Waals surface area contributed by atoms with Crippen molar-refractivity contribution in [1.29, 1.82) is 0 Å². The molecule has 0 saturated heterocycles. The van der Waals surface area contributed by atoms with Gasteiger partial charge in [-0.2, -0.15) is 13.2 Å². The zero-order chi connectivity index (χ0) is 18.9. The molecule has 0 heterocycles. The molecule has 0 spiro atoms. The van der Waals surface area contributed by atoms with Gasteiger partial charge in [-0.25, -0.2) is 8.42 Å². The maximum absolute atomic E-state index is 13.0. The molecule has 2 rings (SSSR count). The van der Waals surface area contributed by atoms with Gasteiger partial charge in [-0.3, -0.25) is 0 Å². The van der Waals surface area contributed by atoms with Crippen molar-refractivity contribution in [2.45, 2.75) is 43.0 Å². The van der Waals surface area contributed by atoms with Gasteiger partial charge in [0.1, 0.15) is 0 Å². The number of hydrogen-bond donors (Lipinski definition) is 1. The molecule has 9 heteroatoms. The molecule has 4 nitrogen and oxygen atoms in total. The first kappa shape index (κ1) is 20.5. The van der Waals surface area contributed by atoms with Crippen LogP contribution in [-0.4, -0.2) is 39.6 Å². The molecule has 0 atom stereocenters. The Kier molecular flexibility index (Phi) is 6.08. The highest BCUT2D eigenvalue weighted by molar-refractivity contribution is 7.91. The Hall–Kier alpha value is -0.830. The van der Waals surface area contributed by atoms with E-state index in [0.29, 0.717) is 12.1 Å². The smallest absolute Gasteiger partial charge is 0.369 e. The van der Waals surface area contributed by atoms with Crippen molar-refractivity contribution in [2.75, 3.05) is 19.4 Å². The van der Waals surface area contributed by atoms with Crippen LogP contribution in [0.5, 0.6) is 0 Å². The summed E-state index contributed by atoms with van der Waals surface area (Å²) in [5.74, 6) is -0.249. The first-order valence-electron chi connectivity index (χ1n) is 7.89. The highest BCUT2D eigenvalue weighted by Crippen LogP contribution is 2.50. The van der Waals surface area contributed by atoms with E-state index in [-0.39, 0.29) is 41.0 Å². The van der Waals surface area contributed by atoms with Gasteiger partial charge in [-0.05, 0) is 36.9 Å². The molecule has 142 valence electrons. The predicted octanol–water partition coefficient (Wildman–Crippen LogP) is 3.58. The van der Waals surface area contributed by atoms with Crippen molar-refractivity contribution in [2.24, 2.45) is 5.92 Å². The summed E-state index contributed by atoms with van der Waals surface area (Å²) in [7, 11) is -2.41. The topological polar surface area (TPSA) is 55.4 Å². The van der Waals surface area contributed by atoms with E-state index in [1.807, 2.05) is 0 Å². The molecule has 1 fully saturated rings. The molecular weight excluding hydrogens is 379 g/mol. The van der Waals surface area contributed by atoms with E-state index in [9.17, 15) is 21.6 Å². The highest BCUT2D eigenvalue weighted by Gasteiger charge is 2.62. The third-order valence-electron chi connectivity index (χ3n) is 4.63. The normalized spacial score (nSPS) is 24.2. The maximum atomic E-state index is 13.0. The number of alkyl halides is 3. The van der Waals surface area contributed by atoms with Crippen molar-refractivity contribution in [1.82, 2.24) is 5.32 Å². The van der Waals surface area contributed by atoms with Crippen molar-refractivity contribution < 1.29 is 26.3 Å². The average molecular weight is 400 g/mol. The lowest BCUT2D eigenvalue weighted by Crippen LogP contribution is -2.58. The van der Waals surface area contributed by atoms with Crippen LogP contribution in [0.1, 0.15) is 25.3 Å². The summed E-state index contributed by atoms with van der Waals surface area (Å²) in [4.78, 5) is 0.0850. The molecular formula is C16H21ClF3NO3S. The summed E-state index contributed by atoms with van der Waals surface area (Å²) in [5, 5.41) is 3.19. The van der Waals surface area contributed by atoms with Gasteiger partial charge in [0.2, 0.25) is 0 Å². The Morgan fingerprint density at radius 2 is 2.00 bits per heavy atom. The van der Waals surface area contributed by atoms with Crippen molar-refractivity contribution in [3.05, 3.63) is 28.8 Å². The van der Waals surface area contributed by atoms with E-state index in [4.69, 9.17) is 11.6 Å². The number of hydrogen-bond acceptors (Lipinski definition) is 4. The van der Waals surface area contributed by atoms with Gasteiger partial charge in [-0.1, -0.05) is 30.7 Å². The van der Waals surface area contributed by atoms with Gasteiger partial charge in [0.05, 0.1) is 15.7 Å². The van der Waals surface area contributed by atoms with Crippen molar-refractivity contribution >= 4 is 21.4 Å². The summed E-state index contributed by atoms with van der Waals surface area (Å²) < 4.78 is 67.9. The number of nitrogens with one attached hydrogen (secondary N) is 1. The van der Waals surface area contributed by atoms with E-state index >= 15 is 0 Å². The Balaban J connectivity index is 1.98. The minimum atomic E-state index is -4.38. The molecule has 0 bridgehead atoms. The van der Waals surface area contributed by atoms with Gasteiger partial charge in [0.25, 0.3) is 0 Å². The minimum absolute atomic E-state index is 0.0751. The predicted molar refractivity (Wildman–Crippen MR) is 89.4 cm³/mol. The average Bonchev–Trinajstić information content (AvgIpc) is 2.48. The molecule has 0 aromatic heterocycles. The van der Waals surface area contributed by atoms with Crippen LogP contribution in [0.4, 0.5) is 13.2 Å². The van der Waals surface area contributed by atoms with E-state index in [2.05, 4.69) is 10.1 Å². The molecule has 0 unspecified atom stereocenters. The summed E-state index contributed by atoms with van der Waals surface area (Å²) in [6, 6.07) is 4.81. The summed E-state index contributed by atoms with van der Waals surface area (Å²) in [6.07, 6.45) is -4.58.